The van der Waals surface area contributed by atoms with Gasteiger partial charge in [0.15, 0.2) is 11.5 Å². The Morgan fingerprint density at radius 2 is 1.68 bits per heavy atom. The van der Waals surface area contributed by atoms with Crippen molar-refractivity contribution in [2.75, 3.05) is 7.11 Å². The van der Waals surface area contributed by atoms with E-state index < -0.39 is 0 Å². The zero-order chi connectivity index (χ0) is 23.3. The summed E-state index contributed by atoms with van der Waals surface area (Å²) in [6, 6.07) is 22.1. The summed E-state index contributed by atoms with van der Waals surface area (Å²) in [5, 5.41) is 1.92. The maximum absolute atomic E-state index is 13.2. The lowest BCUT2D eigenvalue weighted by Crippen LogP contribution is -2.29. The number of pyridine rings is 1. The van der Waals surface area contributed by atoms with E-state index in [0.717, 1.165) is 34.6 Å². The third-order valence-electron chi connectivity index (χ3n) is 6.05. The average molecular weight is 471 g/mol. The number of benzene rings is 2. The van der Waals surface area contributed by atoms with E-state index in [9.17, 15) is 4.79 Å². The minimum absolute atomic E-state index is 0.00910. The number of carbonyl (C=O) groups is 1. The van der Waals surface area contributed by atoms with Crippen molar-refractivity contribution in [3.63, 3.8) is 0 Å². The van der Waals surface area contributed by atoms with E-state index in [2.05, 4.69) is 29.2 Å². The first-order valence-electron chi connectivity index (χ1n) is 11.3. The molecule has 0 bridgehead atoms. The van der Waals surface area contributed by atoms with Crippen molar-refractivity contribution in [1.82, 2.24) is 9.88 Å². The first kappa shape index (κ1) is 22.2. The quantitative estimate of drug-likeness (QED) is 0.339. The van der Waals surface area contributed by atoms with E-state index in [-0.39, 0.29) is 12.0 Å². The Bertz CT molecular complexity index is 1230. The van der Waals surface area contributed by atoms with Crippen LogP contribution >= 0.6 is 11.3 Å². The number of fused-ring (bicyclic) bond motifs is 1. The number of amides is 1. The minimum atomic E-state index is 0.00910. The van der Waals surface area contributed by atoms with Crippen LogP contribution in [0.4, 0.5) is 0 Å². The molecule has 1 amide bonds. The second-order valence-corrected chi connectivity index (χ2v) is 9.34. The van der Waals surface area contributed by atoms with Crippen LogP contribution in [0, 0.1) is 0 Å². The molecule has 0 aliphatic heterocycles. The SMILES string of the molecule is COc1cc(CN(Cc2ccncc2)C(=O)c2cccs2)ccc1OC1Cc2ccccc2C1. The van der Waals surface area contributed by atoms with Crippen LogP contribution in [0.1, 0.15) is 31.9 Å². The van der Waals surface area contributed by atoms with Crippen LogP contribution < -0.4 is 9.47 Å². The highest BCUT2D eigenvalue weighted by molar-refractivity contribution is 7.12. The molecule has 172 valence electrons. The summed E-state index contributed by atoms with van der Waals surface area (Å²) in [6.45, 7) is 0.963. The molecule has 2 aromatic carbocycles. The van der Waals surface area contributed by atoms with Gasteiger partial charge in [-0.3, -0.25) is 9.78 Å². The van der Waals surface area contributed by atoms with Gasteiger partial charge < -0.3 is 14.4 Å². The molecule has 4 aromatic rings. The van der Waals surface area contributed by atoms with E-state index in [1.807, 2.05) is 52.7 Å². The van der Waals surface area contributed by atoms with Gasteiger partial charge in [-0.05, 0) is 58.0 Å². The van der Waals surface area contributed by atoms with Gasteiger partial charge in [0, 0.05) is 38.3 Å². The number of aromatic nitrogens is 1. The third-order valence-corrected chi connectivity index (χ3v) is 6.91. The number of hydrogen-bond donors (Lipinski definition) is 0. The van der Waals surface area contributed by atoms with E-state index in [1.54, 1.807) is 19.5 Å². The highest BCUT2D eigenvalue weighted by atomic mass is 32.1. The Balaban J connectivity index is 1.34. The number of hydrogen-bond acceptors (Lipinski definition) is 5. The third kappa shape index (κ3) is 4.97. The van der Waals surface area contributed by atoms with Gasteiger partial charge in [0.1, 0.15) is 6.10 Å². The van der Waals surface area contributed by atoms with Crippen LogP contribution in [0.25, 0.3) is 0 Å². The average Bonchev–Trinajstić information content (AvgIpc) is 3.54. The monoisotopic (exact) mass is 470 g/mol. The van der Waals surface area contributed by atoms with E-state index in [4.69, 9.17) is 9.47 Å². The van der Waals surface area contributed by atoms with E-state index in [0.29, 0.717) is 18.8 Å². The van der Waals surface area contributed by atoms with Crippen molar-refractivity contribution in [2.45, 2.75) is 32.0 Å². The zero-order valence-corrected chi connectivity index (χ0v) is 19.8. The molecule has 0 spiro atoms. The predicted octanol–water partition coefficient (Wildman–Crippen LogP) is 5.54. The summed E-state index contributed by atoms with van der Waals surface area (Å²) in [6.07, 6.45) is 5.39. The van der Waals surface area contributed by atoms with Crippen molar-refractivity contribution < 1.29 is 14.3 Å². The second-order valence-electron chi connectivity index (χ2n) is 8.40. The maximum atomic E-state index is 13.2. The largest absolute Gasteiger partial charge is 0.493 e. The molecule has 2 aromatic heterocycles. The number of methoxy groups -OCH3 is 1. The summed E-state index contributed by atoms with van der Waals surface area (Å²) in [4.78, 5) is 19.9. The highest BCUT2D eigenvalue weighted by Crippen LogP contribution is 2.33. The Morgan fingerprint density at radius 3 is 2.35 bits per heavy atom. The molecule has 0 N–H and O–H groups in total. The lowest BCUT2D eigenvalue weighted by atomic mass is 10.1. The predicted molar refractivity (Wildman–Crippen MR) is 133 cm³/mol. The van der Waals surface area contributed by atoms with Crippen molar-refractivity contribution >= 4 is 17.2 Å². The topological polar surface area (TPSA) is 51.7 Å². The van der Waals surface area contributed by atoms with Crippen molar-refractivity contribution in [3.8, 4) is 11.5 Å². The molecule has 0 unspecified atom stereocenters. The van der Waals surface area contributed by atoms with E-state index in [1.165, 1.54) is 22.5 Å². The molecular weight excluding hydrogens is 444 g/mol. The molecule has 6 heteroatoms. The summed E-state index contributed by atoms with van der Waals surface area (Å²) in [5.74, 6) is 1.42. The molecule has 2 heterocycles. The summed E-state index contributed by atoms with van der Waals surface area (Å²) in [5.41, 5.74) is 4.72. The fraction of sp³-hybridized carbons (Fsp3) is 0.214. The highest BCUT2D eigenvalue weighted by Gasteiger charge is 2.24. The molecule has 0 atom stereocenters. The van der Waals surface area contributed by atoms with Gasteiger partial charge in [0.05, 0.1) is 12.0 Å². The van der Waals surface area contributed by atoms with Crippen LogP contribution in [-0.2, 0) is 25.9 Å². The summed E-state index contributed by atoms with van der Waals surface area (Å²) >= 11 is 1.45. The minimum Gasteiger partial charge on any atom is -0.493 e. The van der Waals surface area contributed by atoms with Gasteiger partial charge in [0.2, 0.25) is 0 Å². The second kappa shape index (κ2) is 10.1. The van der Waals surface area contributed by atoms with Gasteiger partial charge >= 0.3 is 0 Å². The molecule has 5 nitrogen and oxygen atoms in total. The van der Waals surface area contributed by atoms with Crippen molar-refractivity contribution in [2.24, 2.45) is 0 Å². The summed E-state index contributed by atoms with van der Waals surface area (Å²) in [7, 11) is 1.65. The fourth-order valence-corrected chi connectivity index (χ4v) is 5.06. The first-order valence-corrected chi connectivity index (χ1v) is 12.2. The van der Waals surface area contributed by atoms with Crippen molar-refractivity contribution in [1.29, 1.82) is 0 Å². The van der Waals surface area contributed by atoms with Gasteiger partial charge in [-0.1, -0.05) is 36.4 Å². The molecule has 0 radical (unpaired) electrons. The fourth-order valence-electron chi connectivity index (χ4n) is 4.37. The molecule has 1 aliphatic carbocycles. The number of nitrogens with zero attached hydrogens (tertiary/aromatic N) is 2. The Labute approximate surface area is 203 Å². The van der Waals surface area contributed by atoms with Gasteiger partial charge in [-0.2, -0.15) is 0 Å². The molecule has 0 saturated carbocycles. The van der Waals surface area contributed by atoms with Crippen LogP contribution in [0.15, 0.2) is 84.5 Å². The van der Waals surface area contributed by atoms with Crippen LogP contribution in [0.2, 0.25) is 0 Å². The Hall–Kier alpha value is -3.64. The van der Waals surface area contributed by atoms with Crippen LogP contribution in [0.3, 0.4) is 0 Å². The normalized spacial score (nSPS) is 12.9. The lowest BCUT2D eigenvalue weighted by molar-refractivity contribution is 0.0734. The van der Waals surface area contributed by atoms with Gasteiger partial charge in [-0.15, -0.1) is 11.3 Å². The Morgan fingerprint density at radius 1 is 0.941 bits per heavy atom. The van der Waals surface area contributed by atoms with Crippen LogP contribution in [0.5, 0.6) is 11.5 Å². The van der Waals surface area contributed by atoms with Gasteiger partial charge in [0.25, 0.3) is 5.91 Å². The smallest absolute Gasteiger partial charge is 0.264 e. The van der Waals surface area contributed by atoms with Crippen molar-refractivity contribution in [3.05, 3.63) is 112 Å². The Kier molecular flexibility index (Phi) is 6.58. The van der Waals surface area contributed by atoms with Gasteiger partial charge in [-0.25, -0.2) is 0 Å². The molecule has 0 fully saturated rings. The number of carbonyl (C=O) groups excluding carboxylic acids is 1. The number of ether oxygens (including phenoxy) is 2. The molecule has 5 rings (SSSR count). The summed E-state index contributed by atoms with van der Waals surface area (Å²) < 4.78 is 12.0. The molecule has 1 aliphatic rings. The molecular formula is C28H26N2O3S. The van der Waals surface area contributed by atoms with Crippen LogP contribution in [-0.4, -0.2) is 29.0 Å². The number of thiophene rings is 1. The maximum Gasteiger partial charge on any atom is 0.264 e. The number of rotatable bonds is 8. The molecule has 34 heavy (non-hydrogen) atoms. The standard InChI is InChI=1S/C28H26N2O3S/c1-32-26-15-21(8-9-25(26)33-24-16-22-5-2-3-6-23(22)17-24)19-30(18-20-10-12-29-13-11-20)28(31)27-7-4-14-34-27/h2-15,24H,16-19H2,1H3. The lowest BCUT2D eigenvalue weighted by Gasteiger charge is -2.23. The zero-order valence-electron chi connectivity index (χ0n) is 19.0. The molecule has 0 saturated heterocycles. The van der Waals surface area contributed by atoms with E-state index >= 15 is 0 Å². The first-order chi connectivity index (χ1) is 16.7.